The molecule has 2 nitrogen and oxygen atoms in total. The van der Waals surface area contributed by atoms with Crippen molar-refractivity contribution < 1.29 is 4.39 Å². The summed E-state index contributed by atoms with van der Waals surface area (Å²) in [7, 11) is 0. The van der Waals surface area contributed by atoms with E-state index in [0.29, 0.717) is 23.3 Å². The largest absolute Gasteiger partial charge is 0.287 e. The fourth-order valence-electron chi connectivity index (χ4n) is 1.55. The van der Waals surface area contributed by atoms with E-state index in [1.54, 1.807) is 23.2 Å². The first-order chi connectivity index (χ1) is 8.15. The second-order valence-electron chi connectivity index (χ2n) is 3.65. The Kier molecular flexibility index (Phi) is 3.92. The molecule has 1 aliphatic rings. The molecule has 0 spiro atoms. The fourth-order valence-corrected chi connectivity index (χ4v) is 1.90. The van der Waals surface area contributed by atoms with Gasteiger partial charge in [-0.25, -0.2) is 4.39 Å². The Morgan fingerprint density at radius 1 is 1.24 bits per heavy atom. The molecule has 0 atom stereocenters. The van der Waals surface area contributed by atoms with Crippen LogP contribution in [0.3, 0.4) is 0 Å². The molecule has 0 aromatic heterocycles. The van der Waals surface area contributed by atoms with Crippen LogP contribution >= 0.6 is 23.2 Å². The molecule has 90 valence electrons. The minimum Gasteiger partial charge on any atom is -0.287 e. The van der Waals surface area contributed by atoms with E-state index in [4.69, 9.17) is 23.2 Å². The summed E-state index contributed by atoms with van der Waals surface area (Å²) in [6, 6.07) is 6.51. The molecule has 17 heavy (non-hydrogen) atoms. The predicted octanol–water partition coefficient (Wildman–Crippen LogP) is 3.35. The molecular formula is C12H11Cl2FN2. The highest BCUT2D eigenvalue weighted by Crippen LogP contribution is 2.16. The first-order valence-electron chi connectivity index (χ1n) is 5.17. The van der Waals surface area contributed by atoms with Crippen LogP contribution in [-0.2, 0) is 6.42 Å². The van der Waals surface area contributed by atoms with E-state index in [2.05, 4.69) is 5.43 Å². The lowest BCUT2D eigenvalue weighted by Crippen LogP contribution is -2.37. The number of nitrogens with one attached hydrogen (secondary N) is 1. The van der Waals surface area contributed by atoms with Crippen LogP contribution in [0, 0.1) is 5.82 Å². The van der Waals surface area contributed by atoms with Crippen LogP contribution in [0.2, 0.25) is 0 Å². The predicted molar refractivity (Wildman–Crippen MR) is 67.8 cm³/mol. The van der Waals surface area contributed by atoms with E-state index in [-0.39, 0.29) is 5.82 Å². The lowest BCUT2D eigenvalue weighted by molar-refractivity contribution is 0.300. The number of nitrogens with zero attached hydrogens (tertiary/aromatic N) is 1. The maximum Gasteiger partial charge on any atom is 0.123 e. The highest BCUT2D eigenvalue weighted by molar-refractivity contribution is 6.31. The molecule has 1 aromatic carbocycles. The van der Waals surface area contributed by atoms with Gasteiger partial charge in [0, 0.05) is 6.54 Å². The monoisotopic (exact) mass is 272 g/mol. The van der Waals surface area contributed by atoms with Gasteiger partial charge in [0.05, 0.1) is 0 Å². The highest BCUT2D eigenvalue weighted by Gasteiger charge is 2.11. The quantitative estimate of drug-likeness (QED) is 0.849. The molecule has 1 heterocycles. The Morgan fingerprint density at radius 2 is 2.06 bits per heavy atom. The number of hydrazine groups is 1. The normalized spacial score (nSPS) is 15.1. The van der Waals surface area contributed by atoms with E-state index in [0.717, 1.165) is 5.56 Å². The number of hydrogen-bond acceptors (Lipinski definition) is 2. The van der Waals surface area contributed by atoms with Gasteiger partial charge in [-0.1, -0.05) is 35.3 Å². The van der Waals surface area contributed by atoms with Crippen molar-refractivity contribution in [3.8, 4) is 0 Å². The molecule has 2 rings (SSSR count). The molecule has 0 radical (unpaired) electrons. The van der Waals surface area contributed by atoms with Crippen molar-refractivity contribution in [2.45, 2.75) is 6.42 Å². The second kappa shape index (κ2) is 5.43. The topological polar surface area (TPSA) is 15.3 Å². The summed E-state index contributed by atoms with van der Waals surface area (Å²) in [5.41, 5.74) is 3.84. The lowest BCUT2D eigenvalue weighted by Gasteiger charge is -2.27. The molecule has 5 heteroatoms. The summed E-state index contributed by atoms with van der Waals surface area (Å²) >= 11 is 11.8. The van der Waals surface area contributed by atoms with Crippen LogP contribution in [0.15, 0.2) is 46.7 Å². The number of halogens is 3. The molecule has 0 aliphatic carbocycles. The summed E-state index contributed by atoms with van der Waals surface area (Å²) in [6.45, 7) is 0.614. The van der Waals surface area contributed by atoms with E-state index < -0.39 is 0 Å². The second-order valence-corrected chi connectivity index (χ2v) is 4.44. The smallest absolute Gasteiger partial charge is 0.123 e. The maximum atomic E-state index is 13.0. The van der Waals surface area contributed by atoms with Crippen molar-refractivity contribution in [3.05, 3.63) is 58.1 Å². The van der Waals surface area contributed by atoms with Crippen molar-refractivity contribution in [2.75, 3.05) is 6.54 Å². The van der Waals surface area contributed by atoms with Crippen molar-refractivity contribution in [2.24, 2.45) is 0 Å². The fraction of sp³-hybridized carbons (Fsp3) is 0.167. The zero-order valence-electron chi connectivity index (χ0n) is 8.96. The zero-order chi connectivity index (χ0) is 12.3. The Balaban J connectivity index is 1.95. The molecule has 0 bridgehead atoms. The van der Waals surface area contributed by atoms with Gasteiger partial charge >= 0.3 is 0 Å². The van der Waals surface area contributed by atoms with Crippen LogP contribution in [0.5, 0.6) is 0 Å². The number of benzene rings is 1. The summed E-state index contributed by atoms with van der Waals surface area (Å²) < 4.78 is 13.0. The summed E-state index contributed by atoms with van der Waals surface area (Å²) in [5.74, 6) is -0.228. The Bertz CT molecular complexity index is 471. The van der Waals surface area contributed by atoms with Crippen LogP contribution in [0.25, 0.3) is 0 Å². The number of hydrogen-bond donors (Lipinski definition) is 1. The van der Waals surface area contributed by atoms with Gasteiger partial charge in [0.15, 0.2) is 0 Å². The van der Waals surface area contributed by atoms with E-state index in [1.807, 2.05) is 6.07 Å². The third kappa shape index (κ3) is 3.38. The summed E-state index contributed by atoms with van der Waals surface area (Å²) in [5, 5.41) is 2.79. The zero-order valence-corrected chi connectivity index (χ0v) is 10.5. The molecule has 1 aliphatic heterocycles. The standard InChI is InChI=1S/C12H11Cl2FN2/c13-11-4-5-12(14)17(16-11)7-6-9-2-1-3-10(15)8-9/h1-5,8,16H,6-7H2. The average Bonchev–Trinajstić information content (AvgIpc) is 2.30. The van der Waals surface area contributed by atoms with Crippen LogP contribution < -0.4 is 5.43 Å². The highest BCUT2D eigenvalue weighted by atomic mass is 35.5. The lowest BCUT2D eigenvalue weighted by atomic mass is 10.1. The maximum absolute atomic E-state index is 13.0. The Hall–Kier alpha value is -1.19. The average molecular weight is 273 g/mol. The van der Waals surface area contributed by atoms with E-state index in [9.17, 15) is 4.39 Å². The summed E-state index contributed by atoms with van der Waals surface area (Å²) in [4.78, 5) is 0. The third-order valence-electron chi connectivity index (χ3n) is 2.38. The van der Waals surface area contributed by atoms with Crippen molar-refractivity contribution in [1.29, 1.82) is 0 Å². The molecule has 1 aromatic rings. The van der Waals surface area contributed by atoms with Crippen LogP contribution in [0.4, 0.5) is 4.39 Å². The molecule has 0 unspecified atom stereocenters. The molecule has 0 saturated carbocycles. The van der Waals surface area contributed by atoms with Gasteiger partial charge in [-0.3, -0.25) is 10.4 Å². The van der Waals surface area contributed by atoms with Gasteiger partial charge < -0.3 is 0 Å². The van der Waals surface area contributed by atoms with Crippen LogP contribution in [-0.4, -0.2) is 11.6 Å². The van der Waals surface area contributed by atoms with Crippen molar-refractivity contribution >= 4 is 23.2 Å². The SMILES string of the molecule is Fc1cccc(CCN2NC(Cl)=CC=C2Cl)c1. The molecule has 0 saturated heterocycles. The van der Waals surface area contributed by atoms with Crippen molar-refractivity contribution in [1.82, 2.24) is 10.4 Å². The third-order valence-corrected chi connectivity index (χ3v) is 2.92. The van der Waals surface area contributed by atoms with Gasteiger partial charge in [-0.15, -0.1) is 0 Å². The Labute approximate surface area is 109 Å². The van der Waals surface area contributed by atoms with E-state index >= 15 is 0 Å². The first kappa shape index (κ1) is 12.3. The van der Waals surface area contributed by atoms with Gasteiger partial charge in [0.2, 0.25) is 0 Å². The van der Waals surface area contributed by atoms with Gasteiger partial charge in [0.1, 0.15) is 16.1 Å². The molecule has 1 N–H and O–H groups in total. The van der Waals surface area contributed by atoms with Gasteiger partial charge in [0.25, 0.3) is 0 Å². The first-order valence-corrected chi connectivity index (χ1v) is 5.92. The minimum absolute atomic E-state index is 0.228. The Morgan fingerprint density at radius 3 is 2.82 bits per heavy atom. The number of allylic oxidation sites excluding steroid dienone is 2. The molecule has 0 fully saturated rings. The minimum atomic E-state index is -0.228. The molecule has 0 amide bonds. The van der Waals surface area contributed by atoms with Crippen molar-refractivity contribution in [3.63, 3.8) is 0 Å². The van der Waals surface area contributed by atoms with Gasteiger partial charge in [-0.2, -0.15) is 0 Å². The van der Waals surface area contributed by atoms with Crippen LogP contribution in [0.1, 0.15) is 5.56 Å². The van der Waals surface area contributed by atoms with E-state index in [1.165, 1.54) is 12.1 Å². The summed E-state index contributed by atoms with van der Waals surface area (Å²) in [6.07, 6.45) is 4.08. The van der Waals surface area contributed by atoms with Gasteiger partial charge in [-0.05, 0) is 36.3 Å². The molecular weight excluding hydrogens is 262 g/mol. The number of rotatable bonds is 3.